The molecule has 0 radical (unpaired) electrons. The van der Waals surface area contributed by atoms with E-state index in [1.54, 1.807) is 0 Å². The molecule has 0 aromatic rings. The topological polar surface area (TPSA) is 9.23 Å². The van der Waals surface area contributed by atoms with Crippen LogP contribution in [0.2, 0.25) is 0 Å². The van der Waals surface area contributed by atoms with Crippen molar-refractivity contribution in [3.8, 4) is 0 Å². The van der Waals surface area contributed by atoms with E-state index in [-0.39, 0.29) is 0 Å². The van der Waals surface area contributed by atoms with Crippen LogP contribution in [0.3, 0.4) is 0 Å². The van der Waals surface area contributed by atoms with Gasteiger partial charge in [-0.15, -0.1) is 0 Å². The molecule has 0 atom stereocenters. The Kier molecular flexibility index (Phi) is 14.3. The van der Waals surface area contributed by atoms with Crippen LogP contribution in [0, 0.1) is 0 Å². The predicted molar refractivity (Wildman–Crippen MR) is 70.8 cm³/mol. The largest absolute Gasteiger partial charge is 0.381 e. The zero-order valence-corrected chi connectivity index (χ0v) is 11.0. The lowest BCUT2D eigenvalue weighted by Gasteiger charge is -2.02. The Bertz CT molecular complexity index is 87.3. The van der Waals surface area contributed by atoms with E-state index in [0.29, 0.717) is 0 Å². The molecule has 0 aliphatic rings. The van der Waals surface area contributed by atoms with Gasteiger partial charge < -0.3 is 4.74 Å². The van der Waals surface area contributed by atoms with E-state index in [0.717, 1.165) is 19.0 Å². The Hall–Kier alpha value is 0.660. The molecule has 0 aromatic heterocycles. The third-order valence-corrected chi connectivity index (χ3v) is 3.00. The number of thioether (sulfide) groups is 1. The Morgan fingerprint density at radius 2 is 1.57 bits per heavy atom. The second-order valence-electron chi connectivity index (χ2n) is 3.45. The van der Waals surface area contributed by atoms with Gasteiger partial charge in [-0.1, -0.05) is 25.7 Å². The number of rotatable bonds is 11. The standard InChI is InChI=1S/C11H24OS2/c1-14-11-7-5-3-2-4-6-8-12-9-10-13/h13H,2-11H2,1H3. The molecule has 86 valence electrons. The molecule has 0 amide bonds. The van der Waals surface area contributed by atoms with Crippen LogP contribution in [-0.2, 0) is 4.74 Å². The molecule has 0 rings (SSSR count). The summed E-state index contributed by atoms with van der Waals surface area (Å²) in [6.45, 7) is 1.72. The molecular weight excluding hydrogens is 212 g/mol. The molecule has 0 saturated heterocycles. The van der Waals surface area contributed by atoms with E-state index in [1.807, 2.05) is 11.8 Å². The van der Waals surface area contributed by atoms with Crippen molar-refractivity contribution in [3.05, 3.63) is 0 Å². The maximum atomic E-state index is 5.35. The summed E-state index contributed by atoms with van der Waals surface area (Å²) >= 11 is 6.04. The van der Waals surface area contributed by atoms with Gasteiger partial charge in [0.15, 0.2) is 0 Å². The van der Waals surface area contributed by atoms with Crippen molar-refractivity contribution in [1.29, 1.82) is 0 Å². The van der Waals surface area contributed by atoms with Gasteiger partial charge in [0, 0.05) is 12.4 Å². The third kappa shape index (κ3) is 12.7. The van der Waals surface area contributed by atoms with Gasteiger partial charge in [0.25, 0.3) is 0 Å². The summed E-state index contributed by atoms with van der Waals surface area (Å²) in [5.74, 6) is 2.17. The van der Waals surface area contributed by atoms with Crippen LogP contribution in [0.15, 0.2) is 0 Å². The van der Waals surface area contributed by atoms with Gasteiger partial charge in [-0.05, 0) is 24.9 Å². The molecule has 0 aromatic carbocycles. The first-order valence-electron chi connectivity index (χ1n) is 5.59. The number of ether oxygens (including phenoxy) is 1. The van der Waals surface area contributed by atoms with Crippen molar-refractivity contribution < 1.29 is 4.74 Å². The molecule has 0 bridgehead atoms. The van der Waals surface area contributed by atoms with Crippen LogP contribution >= 0.6 is 24.4 Å². The summed E-state index contributed by atoms with van der Waals surface area (Å²) in [6.07, 6.45) is 10.3. The van der Waals surface area contributed by atoms with Gasteiger partial charge in [0.2, 0.25) is 0 Å². The number of hydrogen-bond acceptors (Lipinski definition) is 3. The molecule has 0 spiro atoms. The average Bonchev–Trinajstić information content (AvgIpc) is 2.21. The molecule has 1 nitrogen and oxygen atoms in total. The third-order valence-electron chi connectivity index (χ3n) is 2.12. The molecule has 0 N–H and O–H groups in total. The first-order chi connectivity index (χ1) is 6.91. The Morgan fingerprint density at radius 1 is 0.929 bits per heavy atom. The van der Waals surface area contributed by atoms with E-state index in [2.05, 4.69) is 18.9 Å². The highest BCUT2D eigenvalue weighted by Crippen LogP contribution is 2.07. The van der Waals surface area contributed by atoms with E-state index in [9.17, 15) is 0 Å². The van der Waals surface area contributed by atoms with Crippen LogP contribution in [0.1, 0.15) is 38.5 Å². The Balaban J connectivity index is 2.78. The first kappa shape index (κ1) is 14.7. The minimum atomic E-state index is 0.802. The molecule has 0 unspecified atom stereocenters. The van der Waals surface area contributed by atoms with Gasteiger partial charge in [-0.3, -0.25) is 0 Å². The molecule has 3 heteroatoms. The Labute approximate surface area is 98.8 Å². The van der Waals surface area contributed by atoms with Crippen LogP contribution < -0.4 is 0 Å². The zero-order chi connectivity index (χ0) is 10.5. The molecule has 0 heterocycles. The van der Waals surface area contributed by atoms with Gasteiger partial charge in [-0.25, -0.2) is 0 Å². The van der Waals surface area contributed by atoms with Crippen molar-refractivity contribution in [2.75, 3.05) is 31.0 Å². The summed E-state index contributed by atoms with van der Waals surface area (Å²) < 4.78 is 5.35. The van der Waals surface area contributed by atoms with E-state index in [1.165, 1.54) is 44.3 Å². The maximum absolute atomic E-state index is 5.35. The van der Waals surface area contributed by atoms with Crippen molar-refractivity contribution in [3.63, 3.8) is 0 Å². The highest BCUT2D eigenvalue weighted by atomic mass is 32.2. The second kappa shape index (κ2) is 13.7. The lowest BCUT2D eigenvalue weighted by Crippen LogP contribution is -1.97. The van der Waals surface area contributed by atoms with Crippen molar-refractivity contribution >= 4 is 24.4 Å². The highest BCUT2D eigenvalue weighted by molar-refractivity contribution is 7.98. The molecule has 0 saturated carbocycles. The lowest BCUT2D eigenvalue weighted by molar-refractivity contribution is 0.145. The van der Waals surface area contributed by atoms with Crippen molar-refractivity contribution in [2.24, 2.45) is 0 Å². The molecule has 0 aliphatic carbocycles. The lowest BCUT2D eigenvalue weighted by atomic mass is 10.1. The fourth-order valence-electron chi connectivity index (χ4n) is 1.32. The molecular formula is C11H24OS2. The van der Waals surface area contributed by atoms with Crippen LogP contribution in [0.4, 0.5) is 0 Å². The van der Waals surface area contributed by atoms with Crippen LogP contribution in [0.5, 0.6) is 0 Å². The summed E-state index contributed by atoms with van der Waals surface area (Å²) in [4.78, 5) is 0. The average molecular weight is 236 g/mol. The van der Waals surface area contributed by atoms with Crippen molar-refractivity contribution in [1.82, 2.24) is 0 Å². The monoisotopic (exact) mass is 236 g/mol. The maximum Gasteiger partial charge on any atom is 0.0554 e. The van der Waals surface area contributed by atoms with E-state index >= 15 is 0 Å². The Morgan fingerprint density at radius 3 is 2.21 bits per heavy atom. The number of unbranched alkanes of at least 4 members (excludes halogenated alkanes) is 5. The van der Waals surface area contributed by atoms with Crippen molar-refractivity contribution in [2.45, 2.75) is 38.5 Å². The first-order valence-corrected chi connectivity index (χ1v) is 7.62. The van der Waals surface area contributed by atoms with E-state index in [4.69, 9.17) is 4.74 Å². The molecule has 0 fully saturated rings. The van der Waals surface area contributed by atoms with Gasteiger partial charge >= 0.3 is 0 Å². The highest BCUT2D eigenvalue weighted by Gasteiger charge is 1.91. The fraction of sp³-hybridized carbons (Fsp3) is 1.00. The van der Waals surface area contributed by atoms with Gasteiger partial charge in [-0.2, -0.15) is 24.4 Å². The summed E-state index contributed by atoms with van der Waals surface area (Å²) in [7, 11) is 0. The quantitative estimate of drug-likeness (QED) is 0.433. The number of hydrogen-bond donors (Lipinski definition) is 1. The summed E-state index contributed by atoms with van der Waals surface area (Å²) in [5.41, 5.74) is 0. The SMILES string of the molecule is CSCCCCCCCCOCCS. The van der Waals surface area contributed by atoms with Crippen LogP contribution in [0.25, 0.3) is 0 Å². The van der Waals surface area contributed by atoms with Gasteiger partial charge in [0.05, 0.1) is 6.61 Å². The minimum Gasteiger partial charge on any atom is -0.381 e. The van der Waals surface area contributed by atoms with Gasteiger partial charge in [0.1, 0.15) is 0 Å². The summed E-state index contributed by atoms with van der Waals surface area (Å²) in [5, 5.41) is 0. The normalized spacial score (nSPS) is 10.7. The molecule has 0 aliphatic heterocycles. The minimum absolute atomic E-state index is 0.802. The smallest absolute Gasteiger partial charge is 0.0554 e. The fourth-order valence-corrected chi connectivity index (χ4v) is 1.95. The second-order valence-corrected chi connectivity index (χ2v) is 4.88. The summed E-state index contributed by atoms with van der Waals surface area (Å²) in [6, 6.07) is 0. The van der Waals surface area contributed by atoms with Crippen LogP contribution in [-0.4, -0.2) is 31.0 Å². The predicted octanol–water partition coefficient (Wildman–Crippen LogP) is 3.64. The van der Waals surface area contributed by atoms with E-state index < -0.39 is 0 Å². The number of thiol groups is 1. The zero-order valence-electron chi connectivity index (χ0n) is 9.33. The molecule has 14 heavy (non-hydrogen) atoms.